The van der Waals surface area contributed by atoms with Crippen LogP contribution in [0.15, 0.2) is 30.9 Å². The lowest BCUT2D eigenvalue weighted by atomic mass is 10.3. The first-order chi connectivity index (χ1) is 8.38. The number of aryl methyl sites for hydroxylation is 1. The maximum Gasteiger partial charge on any atom is 0.0692 e. The molecule has 5 heteroatoms. The smallest absolute Gasteiger partial charge is 0.0692 e. The molecule has 2 heterocycles. The molecule has 0 atom stereocenters. The van der Waals surface area contributed by atoms with Gasteiger partial charge in [0.1, 0.15) is 0 Å². The molecule has 0 aliphatic rings. The van der Waals surface area contributed by atoms with Crippen molar-refractivity contribution >= 4 is 0 Å². The first-order valence-corrected chi connectivity index (χ1v) is 6.08. The fourth-order valence-corrected chi connectivity index (χ4v) is 1.77. The number of rotatable bonds is 7. The van der Waals surface area contributed by atoms with E-state index in [0.717, 1.165) is 26.2 Å². The Labute approximate surface area is 101 Å². The Morgan fingerprint density at radius 1 is 1.29 bits per heavy atom. The largest absolute Gasteiger partial charge is 0.354 e. The molecule has 1 N–H and O–H groups in total. The molecule has 92 valence electrons. The van der Waals surface area contributed by atoms with E-state index in [1.165, 1.54) is 12.0 Å². The average molecular weight is 233 g/mol. The van der Waals surface area contributed by atoms with Crippen LogP contribution in [-0.2, 0) is 19.6 Å². The molecule has 0 aliphatic carbocycles. The van der Waals surface area contributed by atoms with E-state index < -0.39 is 0 Å². The molecule has 0 saturated heterocycles. The van der Waals surface area contributed by atoms with Gasteiger partial charge >= 0.3 is 0 Å². The number of nitrogens with one attached hydrogen (secondary N) is 1. The van der Waals surface area contributed by atoms with Gasteiger partial charge in [0.05, 0.1) is 12.7 Å². The molecule has 0 bridgehead atoms. The quantitative estimate of drug-likeness (QED) is 0.733. The normalized spacial score (nSPS) is 10.9. The molecule has 0 aromatic carbocycles. The number of hydrogen-bond donors (Lipinski definition) is 1. The van der Waals surface area contributed by atoms with Crippen molar-refractivity contribution in [1.82, 2.24) is 24.9 Å². The van der Waals surface area contributed by atoms with Gasteiger partial charge in [-0.1, -0.05) is 12.1 Å². The second-order valence-electron chi connectivity index (χ2n) is 4.10. The predicted octanol–water partition coefficient (Wildman–Crippen LogP) is 1.28. The zero-order chi connectivity index (χ0) is 11.9. The van der Waals surface area contributed by atoms with E-state index in [1.54, 1.807) is 6.20 Å². The number of aromatic nitrogens is 4. The molecule has 0 radical (unpaired) electrons. The van der Waals surface area contributed by atoms with Gasteiger partial charge in [0.2, 0.25) is 0 Å². The van der Waals surface area contributed by atoms with Crippen molar-refractivity contribution in [1.29, 1.82) is 0 Å². The zero-order valence-electron chi connectivity index (χ0n) is 10.2. The highest BCUT2D eigenvalue weighted by Gasteiger charge is 1.96. The number of nitrogens with zero attached hydrogens (tertiary/aromatic N) is 4. The molecule has 0 saturated carbocycles. The highest BCUT2D eigenvalue weighted by atomic mass is 15.4. The summed E-state index contributed by atoms with van der Waals surface area (Å²) in [6.45, 7) is 5.96. The maximum atomic E-state index is 3.91. The summed E-state index contributed by atoms with van der Waals surface area (Å²) in [5, 5.41) is 11.1. The number of hydrogen-bond acceptors (Lipinski definition) is 3. The topological polar surface area (TPSA) is 47.7 Å². The van der Waals surface area contributed by atoms with Crippen molar-refractivity contribution in [2.75, 3.05) is 6.54 Å². The molecule has 2 rings (SSSR count). The fourth-order valence-electron chi connectivity index (χ4n) is 1.77. The van der Waals surface area contributed by atoms with Gasteiger partial charge in [-0.05, 0) is 18.1 Å². The lowest BCUT2D eigenvalue weighted by Gasteiger charge is -2.03. The first kappa shape index (κ1) is 11.9. The van der Waals surface area contributed by atoms with E-state index >= 15 is 0 Å². The SMILES string of the molecule is CCCn1ccc(CNCCn2ccnn2)c1. The van der Waals surface area contributed by atoms with Gasteiger partial charge < -0.3 is 9.88 Å². The van der Waals surface area contributed by atoms with E-state index in [2.05, 4.69) is 45.6 Å². The summed E-state index contributed by atoms with van der Waals surface area (Å²) >= 11 is 0. The minimum absolute atomic E-state index is 0.857. The molecule has 0 spiro atoms. The maximum absolute atomic E-state index is 3.91. The zero-order valence-corrected chi connectivity index (χ0v) is 10.2. The van der Waals surface area contributed by atoms with Crippen molar-refractivity contribution in [3.05, 3.63) is 36.4 Å². The summed E-state index contributed by atoms with van der Waals surface area (Å²) < 4.78 is 4.06. The Balaban J connectivity index is 1.67. The van der Waals surface area contributed by atoms with Crippen molar-refractivity contribution < 1.29 is 0 Å². The summed E-state index contributed by atoms with van der Waals surface area (Å²) in [5.41, 5.74) is 1.33. The molecule has 17 heavy (non-hydrogen) atoms. The van der Waals surface area contributed by atoms with Gasteiger partial charge in [0.15, 0.2) is 0 Å². The molecule has 5 nitrogen and oxygen atoms in total. The predicted molar refractivity (Wildman–Crippen MR) is 66.5 cm³/mol. The highest BCUT2D eigenvalue weighted by Crippen LogP contribution is 2.01. The molecule has 0 aliphatic heterocycles. The molecular weight excluding hydrogens is 214 g/mol. The summed E-state index contributed by atoms with van der Waals surface area (Å²) in [4.78, 5) is 0. The monoisotopic (exact) mass is 233 g/mol. The Morgan fingerprint density at radius 3 is 3.00 bits per heavy atom. The van der Waals surface area contributed by atoms with Gasteiger partial charge in [0.25, 0.3) is 0 Å². The molecular formula is C12H19N5. The van der Waals surface area contributed by atoms with Crippen LogP contribution in [0.4, 0.5) is 0 Å². The Morgan fingerprint density at radius 2 is 2.24 bits per heavy atom. The second kappa shape index (κ2) is 6.20. The van der Waals surface area contributed by atoms with Crippen LogP contribution in [-0.4, -0.2) is 26.1 Å². The highest BCUT2D eigenvalue weighted by molar-refractivity contribution is 5.09. The molecule has 2 aromatic rings. The molecule has 2 aromatic heterocycles. The summed E-state index contributed by atoms with van der Waals surface area (Å²) in [5.74, 6) is 0. The standard InChI is InChI=1S/C12H19N5/c1-2-6-16-7-3-12(11-16)10-13-4-8-17-9-5-14-15-17/h3,5,7,9,11,13H,2,4,6,8,10H2,1H3. The van der Waals surface area contributed by atoms with E-state index in [0.29, 0.717) is 0 Å². The van der Waals surface area contributed by atoms with Crippen molar-refractivity contribution in [3.63, 3.8) is 0 Å². The third kappa shape index (κ3) is 3.71. The van der Waals surface area contributed by atoms with Crippen LogP contribution in [0.25, 0.3) is 0 Å². The van der Waals surface area contributed by atoms with Crippen LogP contribution in [0.5, 0.6) is 0 Å². The van der Waals surface area contributed by atoms with Crippen molar-refractivity contribution in [2.45, 2.75) is 33.0 Å². The van der Waals surface area contributed by atoms with Crippen LogP contribution in [0.1, 0.15) is 18.9 Å². The van der Waals surface area contributed by atoms with Crippen LogP contribution in [0, 0.1) is 0 Å². The lowest BCUT2D eigenvalue weighted by Crippen LogP contribution is -2.19. The lowest BCUT2D eigenvalue weighted by molar-refractivity contribution is 0.540. The van der Waals surface area contributed by atoms with Gasteiger partial charge in [-0.15, -0.1) is 5.10 Å². The van der Waals surface area contributed by atoms with Gasteiger partial charge in [0, 0.05) is 38.2 Å². The first-order valence-electron chi connectivity index (χ1n) is 6.08. The second-order valence-corrected chi connectivity index (χ2v) is 4.10. The van der Waals surface area contributed by atoms with Crippen molar-refractivity contribution in [3.8, 4) is 0 Å². The van der Waals surface area contributed by atoms with E-state index in [9.17, 15) is 0 Å². The Hall–Kier alpha value is -1.62. The van der Waals surface area contributed by atoms with Crippen LogP contribution in [0.2, 0.25) is 0 Å². The van der Waals surface area contributed by atoms with E-state index in [1.807, 2.05) is 10.9 Å². The molecule has 0 amide bonds. The van der Waals surface area contributed by atoms with Crippen LogP contribution < -0.4 is 5.32 Å². The third-order valence-electron chi connectivity index (χ3n) is 2.61. The van der Waals surface area contributed by atoms with Crippen molar-refractivity contribution in [2.24, 2.45) is 0 Å². The average Bonchev–Trinajstić information content (AvgIpc) is 2.96. The van der Waals surface area contributed by atoms with Gasteiger partial charge in [-0.2, -0.15) is 0 Å². The van der Waals surface area contributed by atoms with Gasteiger partial charge in [-0.25, -0.2) is 0 Å². The fraction of sp³-hybridized carbons (Fsp3) is 0.500. The summed E-state index contributed by atoms with van der Waals surface area (Å²) in [6.07, 6.45) is 9.09. The summed E-state index contributed by atoms with van der Waals surface area (Å²) in [6, 6.07) is 2.16. The Bertz CT molecular complexity index is 418. The van der Waals surface area contributed by atoms with Crippen LogP contribution >= 0.6 is 0 Å². The molecule has 0 unspecified atom stereocenters. The van der Waals surface area contributed by atoms with E-state index in [-0.39, 0.29) is 0 Å². The minimum Gasteiger partial charge on any atom is -0.354 e. The third-order valence-corrected chi connectivity index (χ3v) is 2.61. The van der Waals surface area contributed by atoms with Gasteiger partial charge in [-0.3, -0.25) is 4.68 Å². The Kier molecular flexibility index (Phi) is 4.32. The van der Waals surface area contributed by atoms with E-state index in [4.69, 9.17) is 0 Å². The van der Waals surface area contributed by atoms with Crippen LogP contribution in [0.3, 0.4) is 0 Å². The summed E-state index contributed by atoms with van der Waals surface area (Å²) in [7, 11) is 0. The molecule has 0 fully saturated rings. The minimum atomic E-state index is 0.857.